The Balaban J connectivity index is 1.62. The molecule has 29 heavy (non-hydrogen) atoms. The lowest BCUT2D eigenvalue weighted by Crippen LogP contribution is -2.31. The van der Waals surface area contributed by atoms with E-state index in [2.05, 4.69) is 69.3 Å². The van der Waals surface area contributed by atoms with E-state index in [1.165, 1.54) is 10.4 Å². The number of thiocarbonyl (C=S) groups is 1. The van der Waals surface area contributed by atoms with Crippen molar-refractivity contribution in [3.8, 4) is 5.13 Å². The largest absolute Gasteiger partial charge is 0.352 e. The van der Waals surface area contributed by atoms with Crippen molar-refractivity contribution in [2.75, 3.05) is 6.54 Å². The second kappa shape index (κ2) is 7.57. The van der Waals surface area contributed by atoms with E-state index in [1.807, 2.05) is 24.4 Å². The lowest BCUT2D eigenvalue weighted by molar-refractivity contribution is 0.309. The van der Waals surface area contributed by atoms with Gasteiger partial charge in [-0.15, -0.1) is 0 Å². The van der Waals surface area contributed by atoms with Gasteiger partial charge in [0.25, 0.3) is 0 Å². The molecule has 0 unspecified atom stereocenters. The summed E-state index contributed by atoms with van der Waals surface area (Å²) in [4.78, 5) is 11.8. The first-order chi connectivity index (χ1) is 14.3. The van der Waals surface area contributed by atoms with Crippen LogP contribution >= 0.6 is 23.6 Å². The monoisotopic (exact) mass is 419 g/mol. The van der Waals surface area contributed by atoms with E-state index < -0.39 is 0 Å². The van der Waals surface area contributed by atoms with Gasteiger partial charge in [-0.3, -0.25) is 9.55 Å². The molecule has 0 radical (unpaired) electrons. The van der Waals surface area contributed by atoms with Crippen LogP contribution in [0.15, 0.2) is 67.0 Å². The highest BCUT2D eigenvalue weighted by molar-refractivity contribution is 7.80. The second-order valence-electron chi connectivity index (χ2n) is 7.09. The quantitative estimate of drug-likeness (QED) is 0.468. The molecule has 1 fully saturated rings. The van der Waals surface area contributed by atoms with Crippen molar-refractivity contribution < 1.29 is 0 Å². The number of aromatic nitrogens is 3. The summed E-state index contributed by atoms with van der Waals surface area (Å²) in [5.74, 6) is 0. The van der Waals surface area contributed by atoms with Crippen molar-refractivity contribution >= 4 is 38.9 Å². The third-order valence-corrected chi connectivity index (χ3v) is 6.62. The van der Waals surface area contributed by atoms with Gasteiger partial charge in [-0.1, -0.05) is 36.5 Å². The number of pyridine rings is 1. The number of nitrogens with zero attached hydrogens (tertiary/aromatic N) is 4. The van der Waals surface area contributed by atoms with Crippen LogP contribution in [0.3, 0.4) is 0 Å². The Hall–Kier alpha value is -2.77. The van der Waals surface area contributed by atoms with Crippen molar-refractivity contribution in [1.82, 2.24) is 24.8 Å². The average Bonchev–Trinajstić information content (AvgIpc) is 3.46. The summed E-state index contributed by atoms with van der Waals surface area (Å²) >= 11 is 7.42. The molecule has 4 heterocycles. The predicted octanol–water partition coefficient (Wildman–Crippen LogP) is 4.86. The van der Waals surface area contributed by atoms with Crippen LogP contribution in [0.1, 0.15) is 36.8 Å². The fourth-order valence-corrected chi connectivity index (χ4v) is 5.28. The maximum absolute atomic E-state index is 5.71. The summed E-state index contributed by atoms with van der Waals surface area (Å²) in [5, 5.41) is 5.27. The highest BCUT2D eigenvalue weighted by atomic mass is 32.1. The molecule has 0 amide bonds. The van der Waals surface area contributed by atoms with Crippen LogP contribution in [0.2, 0.25) is 0 Å². The molecule has 146 valence electrons. The van der Waals surface area contributed by atoms with E-state index in [1.54, 1.807) is 11.3 Å². The molecule has 0 bridgehead atoms. The molecule has 2 atom stereocenters. The molecule has 7 heteroatoms. The fraction of sp³-hybridized carbons (Fsp3) is 0.227. The standard InChI is InChI=1S/C22H21N5S2/c1-2-13-27-20(19(25-21(27)28)16-9-5-6-12-23-16)17-10-7-14-26(17)22-24-15-8-3-4-11-18(15)29-22/h3-12,14,19-20H,2,13H2,1H3,(H,25,28)/t19-,20+/m1/s1. The molecule has 0 spiro atoms. The van der Waals surface area contributed by atoms with Crippen LogP contribution in [0.4, 0.5) is 0 Å². The SMILES string of the molecule is CCCN1C(=S)N[C@H](c2ccccn2)[C@@H]1c1cccn1-c1nc2ccccc2s1. The third-order valence-electron chi connectivity index (χ3n) is 5.23. The second-order valence-corrected chi connectivity index (χ2v) is 8.48. The van der Waals surface area contributed by atoms with Gasteiger partial charge in [0, 0.05) is 18.9 Å². The maximum Gasteiger partial charge on any atom is 0.194 e. The Bertz CT molecular complexity index is 1120. The van der Waals surface area contributed by atoms with Gasteiger partial charge in [0.1, 0.15) is 0 Å². The predicted molar refractivity (Wildman–Crippen MR) is 121 cm³/mol. The molecule has 5 rings (SSSR count). The van der Waals surface area contributed by atoms with Crippen LogP contribution in [0.25, 0.3) is 15.3 Å². The highest BCUT2D eigenvalue weighted by Gasteiger charge is 2.40. The molecule has 1 aromatic carbocycles. The van der Waals surface area contributed by atoms with E-state index in [0.29, 0.717) is 0 Å². The van der Waals surface area contributed by atoms with Crippen LogP contribution in [0.5, 0.6) is 0 Å². The number of benzene rings is 1. The zero-order valence-electron chi connectivity index (χ0n) is 16.0. The number of para-hydroxylation sites is 1. The Morgan fingerprint density at radius 1 is 1.10 bits per heavy atom. The minimum Gasteiger partial charge on any atom is -0.352 e. The van der Waals surface area contributed by atoms with Gasteiger partial charge in [0.05, 0.1) is 33.7 Å². The van der Waals surface area contributed by atoms with E-state index in [-0.39, 0.29) is 12.1 Å². The average molecular weight is 420 g/mol. The smallest absolute Gasteiger partial charge is 0.194 e. The lowest BCUT2D eigenvalue weighted by atomic mass is 10.0. The maximum atomic E-state index is 5.71. The Morgan fingerprint density at radius 3 is 2.76 bits per heavy atom. The zero-order valence-corrected chi connectivity index (χ0v) is 17.7. The molecule has 1 N–H and O–H groups in total. The number of fused-ring (bicyclic) bond motifs is 1. The Morgan fingerprint density at radius 2 is 1.97 bits per heavy atom. The van der Waals surface area contributed by atoms with Crippen molar-refractivity contribution in [3.63, 3.8) is 0 Å². The van der Waals surface area contributed by atoms with Crippen molar-refractivity contribution in [1.29, 1.82) is 0 Å². The Kier molecular flexibility index (Phi) is 4.77. The number of nitrogens with one attached hydrogen (secondary N) is 1. The van der Waals surface area contributed by atoms with Crippen LogP contribution in [0, 0.1) is 0 Å². The lowest BCUT2D eigenvalue weighted by Gasteiger charge is -2.28. The number of rotatable bonds is 5. The molecular weight excluding hydrogens is 398 g/mol. The zero-order chi connectivity index (χ0) is 19.8. The topological polar surface area (TPSA) is 46.0 Å². The van der Waals surface area contributed by atoms with E-state index >= 15 is 0 Å². The van der Waals surface area contributed by atoms with Gasteiger partial charge in [-0.25, -0.2) is 4.98 Å². The number of hydrogen-bond acceptors (Lipinski definition) is 4. The van der Waals surface area contributed by atoms with Gasteiger partial charge in [0.15, 0.2) is 10.2 Å². The summed E-state index contributed by atoms with van der Waals surface area (Å²) in [7, 11) is 0. The molecule has 5 nitrogen and oxygen atoms in total. The van der Waals surface area contributed by atoms with Crippen molar-refractivity contribution in [3.05, 3.63) is 78.4 Å². The fourth-order valence-electron chi connectivity index (χ4n) is 3.98. The highest BCUT2D eigenvalue weighted by Crippen LogP contribution is 2.40. The molecule has 0 aliphatic carbocycles. The van der Waals surface area contributed by atoms with Gasteiger partial charge in [-0.05, 0) is 55.0 Å². The molecule has 1 aliphatic rings. The molecule has 4 aromatic rings. The van der Waals surface area contributed by atoms with E-state index in [9.17, 15) is 0 Å². The van der Waals surface area contributed by atoms with Crippen LogP contribution in [-0.2, 0) is 0 Å². The van der Waals surface area contributed by atoms with Crippen LogP contribution in [-0.4, -0.2) is 31.1 Å². The van der Waals surface area contributed by atoms with Crippen LogP contribution < -0.4 is 5.32 Å². The summed E-state index contributed by atoms with van der Waals surface area (Å²) < 4.78 is 3.39. The summed E-state index contributed by atoms with van der Waals surface area (Å²) in [5.41, 5.74) is 3.19. The number of thiazole rings is 1. The first-order valence-corrected chi connectivity index (χ1v) is 11.0. The Labute approximate surface area is 179 Å². The minimum absolute atomic E-state index is 0.00159. The third kappa shape index (κ3) is 3.20. The minimum atomic E-state index is -0.00159. The number of hydrogen-bond donors (Lipinski definition) is 1. The molecule has 1 saturated heterocycles. The molecule has 3 aromatic heterocycles. The summed E-state index contributed by atoms with van der Waals surface area (Å²) in [6, 6.07) is 18.6. The van der Waals surface area contributed by atoms with Gasteiger partial charge in [0.2, 0.25) is 0 Å². The first kappa shape index (κ1) is 18.3. The van der Waals surface area contributed by atoms with Crippen molar-refractivity contribution in [2.24, 2.45) is 0 Å². The van der Waals surface area contributed by atoms with Gasteiger partial charge in [-0.2, -0.15) is 0 Å². The summed E-state index contributed by atoms with van der Waals surface area (Å²) in [6.07, 6.45) is 4.95. The van der Waals surface area contributed by atoms with Gasteiger partial charge < -0.3 is 10.2 Å². The first-order valence-electron chi connectivity index (χ1n) is 9.77. The molecule has 0 saturated carbocycles. The molecular formula is C22H21N5S2. The van der Waals surface area contributed by atoms with E-state index in [4.69, 9.17) is 17.2 Å². The normalized spacial score (nSPS) is 19.1. The van der Waals surface area contributed by atoms with Gasteiger partial charge >= 0.3 is 0 Å². The molecule has 1 aliphatic heterocycles. The van der Waals surface area contributed by atoms with E-state index in [0.717, 1.165) is 34.4 Å². The summed E-state index contributed by atoms with van der Waals surface area (Å²) in [6.45, 7) is 3.07. The van der Waals surface area contributed by atoms with Crippen molar-refractivity contribution in [2.45, 2.75) is 25.4 Å².